The molecular weight excluding hydrogens is 304 g/mol. The lowest BCUT2D eigenvalue weighted by Gasteiger charge is -2.36. The van der Waals surface area contributed by atoms with Crippen molar-refractivity contribution in [3.63, 3.8) is 0 Å². The number of amides is 2. The van der Waals surface area contributed by atoms with E-state index in [1.165, 1.54) is 11.3 Å². The highest BCUT2D eigenvalue weighted by Crippen LogP contribution is 2.29. The van der Waals surface area contributed by atoms with Crippen LogP contribution < -0.4 is 10.1 Å². The van der Waals surface area contributed by atoms with Crippen molar-refractivity contribution >= 4 is 23.2 Å². The second-order valence-electron chi connectivity index (χ2n) is 5.39. The average molecular weight is 324 g/mol. The van der Waals surface area contributed by atoms with E-state index in [2.05, 4.69) is 5.32 Å². The lowest BCUT2D eigenvalue weighted by atomic mass is 9.93. The summed E-state index contributed by atoms with van der Waals surface area (Å²) < 4.78 is 11.2. The summed E-state index contributed by atoms with van der Waals surface area (Å²) in [7, 11) is 0. The van der Waals surface area contributed by atoms with Crippen molar-refractivity contribution in [1.29, 1.82) is 0 Å². The maximum atomic E-state index is 12.7. The molecule has 2 aliphatic rings. The molecule has 3 rings (SSSR count). The fourth-order valence-electron chi connectivity index (χ4n) is 2.95. The van der Waals surface area contributed by atoms with Crippen LogP contribution >= 0.6 is 11.3 Å². The number of hydrogen-bond acceptors (Lipinski definition) is 5. The Morgan fingerprint density at radius 1 is 1.59 bits per heavy atom. The summed E-state index contributed by atoms with van der Waals surface area (Å²) >= 11 is 1.39. The molecule has 0 unspecified atom stereocenters. The van der Waals surface area contributed by atoms with Gasteiger partial charge < -0.3 is 19.7 Å². The third kappa shape index (κ3) is 2.96. The molecule has 0 saturated carbocycles. The van der Waals surface area contributed by atoms with Gasteiger partial charge in [-0.2, -0.15) is 0 Å². The van der Waals surface area contributed by atoms with E-state index in [-0.39, 0.29) is 23.8 Å². The molecule has 0 aromatic carbocycles. The first-order valence-electron chi connectivity index (χ1n) is 7.59. The quantitative estimate of drug-likeness (QED) is 0.905. The Morgan fingerprint density at radius 3 is 3.27 bits per heavy atom. The number of nitrogens with zero attached hydrogens (tertiary/aromatic N) is 1. The highest BCUT2D eigenvalue weighted by atomic mass is 32.1. The van der Waals surface area contributed by atoms with Gasteiger partial charge in [-0.15, -0.1) is 11.3 Å². The molecule has 2 fully saturated rings. The van der Waals surface area contributed by atoms with Crippen LogP contribution in [0.4, 0.5) is 0 Å². The first kappa shape index (κ1) is 15.3. The lowest BCUT2D eigenvalue weighted by Crippen LogP contribution is -2.50. The molecule has 120 valence electrons. The normalized spacial score (nSPS) is 25.1. The predicted molar refractivity (Wildman–Crippen MR) is 82.2 cm³/mol. The van der Waals surface area contributed by atoms with Crippen molar-refractivity contribution < 1.29 is 19.1 Å². The van der Waals surface area contributed by atoms with Gasteiger partial charge in [-0.3, -0.25) is 9.59 Å². The van der Waals surface area contributed by atoms with Crippen molar-refractivity contribution in [3.8, 4) is 5.75 Å². The molecule has 7 heteroatoms. The molecule has 1 N–H and O–H groups in total. The Kier molecular flexibility index (Phi) is 4.63. The van der Waals surface area contributed by atoms with E-state index >= 15 is 0 Å². The van der Waals surface area contributed by atoms with Gasteiger partial charge in [-0.05, 0) is 24.8 Å². The second kappa shape index (κ2) is 6.66. The van der Waals surface area contributed by atoms with Gasteiger partial charge in [0, 0.05) is 19.6 Å². The summed E-state index contributed by atoms with van der Waals surface area (Å²) in [5.41, 5.74) is 0. The zero-order chi connectivity index (χ0) is 15.5. The van der Waals surface area contributed by atoms with Crippen LogP contribution in [-0.4, -0.2) is 55.7 Å². The molecule has 3 heterocycles. The first-order valence-corrected chi connectivity index (χ1v) is 8.47. The molecule has 0 aliphatic carbocycles. The number of carbonyl (C=O) groups excluding carboxylic acids is 2. The van der Waals surface area contributed by atoms with Gasteiger partial charge in [-0.25, -0.2) is 0 Å². The van der Waals surface area contributed by atoms with E-state index in [9.17, 15) is 9.59 Å². The number of fused-ring (bicyclic) bond motifs is 1. The summed E-state index contributed by atoms with van der Waals surface area (Å²) in [4.78, 5) is 27.1. The SMILES string of the molecule is CCOc1ccsc1C(=O)N1CC[C@H]2C(=O)NCCO[C@H]2C1. The molecule has 2 saturated heterocycles. The van der Waals surface area contributed by atoms with Gasteiger partial charge in [0.2, 0.25) is 5.91 Å². The number of piperidine rings is 1. The van der Waals surface area contributed by atoms with E-state index in [1.54, 1.807) is 4.90 Å². The van der Waals surface area contributed by atoms with Crippen LogP contribution in [0.15, 0.2) is 11.4 Å². The highest BCUT2D eigenvalue weighted by molar-refractivity contribution is 7.12. The summed E-state index contributed by atoms with van der Waals surface area (Å²) in [6.45, 7) is 4.50. The Labute approximate surface area is 133 Å². The number of thiophene rings is 1. The summed E-state index contributed by atoms with van der Waals surface area (Å²) in [5, 5.41) is 4.72. The predicted octanol–water partition coefficient (Wildman–Crippen LogP) is 1.12. The molecule has 0 bridgehead atoms. The Bertz CT molecular complexity index is 559. The molecule has 0 spiro atoms. The number of likely N-dealkylation sites (tertiary alicyclic amines) is 1. The Morgan fingerprint density at radius 2 is 2.45 bits per heavy atom. The number of carbonyl (C=O) groups is 2. The summed E-state index contributed by atoms with van der Waals surface area (Å²) in [6, 6.07) is 1.82. The van der Waals surface area contributed by atoms with Crippen molar-refractivity contribution in [2.45, 2.75) is 19.4 Å². The van der Waals surface area contributed by atoms with E-state index in [4.69, 9.17) is 9.47 Å². The van der Waals surface area contributed by atoms with E-state index in [0.717, 1.165) is 0 Å². The summed E-state index contributed by atoms with van der Waals surface area (Å²) in [6.07, 6.45) is 0.424. The largest absolute Gasteiger partial charge is 0.492 e. The first-order chi connectivity index (χ1) is 10.7. The van der Waals surface area contributed by atoms with Crippen molar-refractivity contribution in [2.75, 3.05) is 32.8 Å². The molecule has 22 heavy (non-hydrogen) atoms. The van der Waals surface area contributed by atoms with Crippen LogP contribution in [-0.2, 0) is 9.53 Å². The van der Waals surface area contributed by atoms with Crippen molar-refractivity contribution in [3.05, 3.63) is 16.3 Å². The minimum atomic E-state index is -0.212. The molecule has 2 atom stereocenters. The minimum absolute atomic E-state index is 0.0369. The van der Waals surface area contributed by atoms with Gasteiger partial charge in [0.15, 0.2) is 0 Å². The van der Waals surface area contributed by atoms with Crippen LogP contribution in [0.1, 0.15) is 23.0 Å². The lowest BCUT2D eigenvalue weighted by molar-refractivity contribution is -0.129. The van der Waals surface area contributed by atoms with E-state index in [1.807, 2.05) is 18.4 Å². The molecule has 2 aliphatic heterocycles. The second-order valence-corrected chi connectivity index (χ2v) is 6.31. The number of ether oxygens (including phenoxy) is 2. The topological polar surface area (TPSA) is 67.9 Å². The molecule has 1 aromatic heterocycles. The van der Waals surface area contributed by atoms with E-state index < -0.39 is 0 Å². The number of hydrogen-bond donors (Lipinski definition) is 1. The standard InChI is InChI=1S/C15H20N2O4S/c1-2-20-11-4-8-22-13(11)15(19)17-6-3-10-12(9-17)21-7-5-16-14(10)18/h4,8,10,12H,2-3,5-7,9H2,1H3,(H,16,18)/t10-,12+/m1/s1. The maximum Gasteiger partial charge on any atom is 0.267 e. The van der Waals surface area contributed by atoms with Crippen molar-refractivity contribution in [2.24, 2.45) is 5.92 Å². The Hall–Kier alpha value is -1.60. The Balaban J connectivity index is 1.72. The van der Waals surface area contributed by atoms with Gasteiger partial charge >= 0.3 is 0 Å². The maximum absolute atomic E-state index is 12.7. The fourth-order valence-corrected chi connectivity index (χ4v) is 3.75. The van der Waals surface area contributed by atoms with Gasteiger partial charge in [-0.1, -0.05) is 0 Å². The molecule has 2 amide bonds. The van der Waals surface area contributed by atoms with Crippen LogP contribution in [0.5, 0.6) is 5.75 Å². The van der Waals surface area contributed by atoms with Crippen LogP contribution in [0.2, 0.25) is 0 Å². The fraction of sp³-hybridized carbons (Fsp3) is 0.600. The smallest absolute Gasteiger partial charge is 0.267 e. The third-order valence-electron chi connectivity index (χ3n) is 4.04. The zero-order valence-electron chi connectivity index (χ0n) is 12.5. The number of rotatable bonds is 3. The third-order valence-corrected chi connectivity index (χ3v) is 4.92. The molecular formula is C15H20N2O4S. The van der Waals surface area contributed by atoms with Crippen LogP contribution in [0.3, 0.4) is 0 Å². The van der Waals surface area contributed by atoms with Crippen molar-refractivity contribution in [1.82, 2.24) is 10.2 Å². The molecule has 6 nitrogen and oxygen atoms in total. The van der Waals surface area contributed by atoms with E-state index in [0.29, 0.717) is 49.9 Å². The van der Waals surface area contributed by atoms with Gasteiger partial charge in [0.25, 0.3) is 5.91 Å². The minimum Gasteiger partial charge on any atom is -0.492 e. The number of nitrogens with one attached hydrogen (secondary N) is 1. The van der Waals surface area contributed by atoms with Crippen LogP contribution in [0.25, 0.3) is 0 Å². The average Bonchev–Trinajstić information content (AvgIpc) is 2.91. The highest BCUT2D eigenvalue weighted by Gasteiger charge is 2.38. The molecule has 0 radical (unpaired) electrons. The van der Waals surface area contributed by atoms with Crippen LogP contribution in [0, 0.1) is 5.92 Å². The molecule has 1 aromatic rings. The summed E-state index contributed by atoms with van der Waals surface area (Å²) in [5.74, 6) is 0.492. The monoisotopic (exact) mass is 324 g/mol. The van der Waals surface area contributed by atoms with Gasteiger partial charge in [0.05, 0.1) is 25.2 Å². The zero-order valence-corrected chi connectivity index (χ0v) is 13.4. The van der Waals surface area contributed by atoms with Gasteiger partial charge in [0.1, 0.15) is 10.6 Å².